The Morgan fingerprint density at radius 2 is 2.54 bits per heavy atom. The number of hydrogen-bond acceptors (Lipinski definition) is 3. The molecule has 0 aliphatic heterocycles. The SMILES string of the molecule is C=C(Cl)CNc1cnccc1C#N. The topological polar surface area (TPSA) is 48.7 Å². The van der Waals surface area contributed by atoms with Crippen molar-refractivity contribution in [3.05, 3.63) is 35.6 Å². The Hall–Kier alpha value is -1.53. The van der Waals surface area contributed by atoms with Crippen molar-refractivity contribution in [3.63, 3.8) is 0 Å². The normalized spacial score (nSPS) is 8.92. The second-order valence-corrected chi connectivity index (χ2v) is 2.94. The van der Waals surface area contributed by atoms with Gasteiger partial charge >= 0.3 is 0 Å². The number of anilines is 1. The van der Waals surface area contributed by atoms with E-state index in [1.165, 1.54) is 0 Å². The van der Waals surface area contributed by atoms with Crippen LogP contribution in [0.15, 0.2) is 30.1 Å². The summed E-state index contributed by atoms with van der Waals surface area (Å²) >= 11 is 5.56. The first-order chi connectivity index (χ1) is 6.24. The summed E-state index contributed by atoms with van der Waals surface area (Å²) in [5.74, 6) is 0. The number of nitriles is 1. The van der Waals surface area contributed by atoms with E-state index in [-0.39, 0.29) is 0 Å². The van der Waals surface area contributed by atoms with E-state index in [0.717, 1.165) is 0 Å². The van der Waals surface area contributed by atoms with Gasteiger partial charge in [0.2, 0.25) is 0 Å². The Kier molecular flexibility index (Phi) is 3.30. The van der Waals surface area contributed by atoms with Crippen LogP contribution in [0.3, 0.4) is 0 Å². The molecule has 1 heterocycles. The molecular formula is C9H8ClN3. The third-order valence-electron chi connectivity index (χ3n) is 1.41. The molecule has 13 heavy (non-hydrogen) atoms. The van der Waals surface area contributed by atoms with Crippen molar-refractivity contribution in [2.45, 2.75) is 0 Å². The Bertz CT molecular complexity index is 354. The van der Waals surface area contributed by atoms with Crippen molar-refractivity contribution in [1.82, 2.24) is 4.98 Å². The molecule has 1 N–H and O–H groups in total. The molecule has 1 aromatic rings. The molecule has 0 radical (unpaired) electrons. The van der Waals surface area contributed by atoms with Gasteiger partial charge in [-0.05, 0) is 6.07 Å². The lowest BCUT2D eigenvalue weighted by molar-refractivity contribution is 1.24. The van der Waals surface area contributed by atoms with E-state index in [4.69, 9.17) is 16.9 Å². The largest absolute Gasteiger partial charge is 0.378 e. The van der Waals surface area contributed by atoms with Crippen LogP contribution < -0.4 is 5.32 Å². The summed E-state index contributed by atoms with van der Waals surface area (Å²) in [6.07, 6.45) is 3.15. The van der Waals surface area contributed by atoms with Crippen LogP contribution in [0.1, 0.15) is 5.56 Å². The second-order valence-electron chi connectivity index (χ2n) is 2.40. The van der Waals surface area contributed by atoms with Crippen LogP contribution in [-0.2, 0) is 0 Å². The lowest BCUT2D eigenvalue weighted by atomic mass is 10.2. The average molecular weight is 194 g/mol. The van der Waals surface area contributed by atoms with Crippen molar-refractivity contribution in [2.24, 2.45) is 0 Å². The quantitative estimate of drug-likeness (QED) is 0.800. The van der Waals surface area contributed by atoms with Gasteiger partial charge in [-0.3, -0.25) is 4.98 Å². The van der Waals surface area contributed by atoms with Gasteiger partial charge in [0.1, 0.15) is 6.07 Å². The van der Waals surface area contributed by atoms with Crippen molar-refractivity contribution in [3.8, 4) is 6.07 Å². The van der Waals surface area contributed by atoms with E-state index in [0.29, 0.717) is 22.8 Å². The molecule has 0 bridgehead atoms. The summed E-state index contributed by atoms with van der Waals surface area (Å²) < 4.78 is 0. The minimum Gasteiger partial charge on any atom is -0.378 e. The summed E-state index contributed by atoms with van der Waals surface area (Å²) in [5.41, 5.74) is 1.22. The molecule has 0 spiro atoms. The first kappa shape index (κ1) is 9.56. The van der Waals surface area contributed by atoms with Crippen LogP contribution >= 0.6 is 11.6 Å². The highest BCUT2D eigenvalue weighted by atomic mass is 35.5. The molecule has 0 fully saturated rings. The van der Waals surface area contributed by atoms with Crippen molar-refractivity contribution >= 4 is 17.3 Å². The summed E-state index contributed by atoms with van der Waals surface area (Å²) in [4.78, 5) is 3.88. The Balaban J connectivity index is 2.77. The van der Waals surface area contributed by atoms with Gasteiger partial charge < -0.3 is 5.32 Å². The highest BCUT2D eigenvalue weighted by Crippen LogP contribution is 2.12. The molecule has 3 nitrogen and oxygen atoms in total. The molecule has 0 unspecified atom stereocenters. The van der Waals surface area contributed by atoms with Gasteiger partial charge in [-0.1, -0.05) is 18.2 Å². The predicted octanol–water partition coefficient (Wildman–Crippen LogP) is 2.12. The molecule has 0 saturated heterocycles. The molecule has 0 atom stereocenters. The molecule has 0 saturated carbocycles. The van der Waals surface area contributed by atoms with E-state index < -0.39 is 0 Å². The van der Waals surface area contributed by atoms with Crippen LogP contribution in [0.2, 0.25) is 0 Å². The van der Waals surface area contributed by atoms with E-state index in [1.807, 2.05) is 6.07 Å². The number of hydrogen-bond donors (Lipinski definition) is 1. The van der Waals surface area contributed by atoms with Gasteiger partial charge in [0.15, 0.2) is 0 Å². The highest BCUT2D eigenvalue weighted by Gasteiger charge is 1.99. The minimum absolute atomic E-state index is 0.432. The van der Waals surface area contributed by atoms with Crippen LogP contribution in [0.25, 0.3) is 0 Å². The minimum atomic E-state index is 0.432. The standard InChI is InChI=1S/C9H8ClN3/c1-7(10)5-13-9-6-12-3-2-8(9)4-11/h2-3,6,13H,1,5H2. The monoisotopic (exact) mass is 193 g/mol. The molecule has 4 heteroatoms. The summed E-state index contributed by atoms with van der Waals surface area (Å²) in [6, 6.07) is 3.68. The molecule has 0 aromatic carbocycles. The van der Waals surface area contributed by atoms with Crippen molar-refractivity contribution in [1.29, 1.82) is 5.26 Å². The molecular weight excluding hydrogens is 186 g/mol. The first-order valence-corrected chi connectivity index (χ1v) is 4.03. The van der Waals surface area contributed by atoms with E-state index in [9.17, 15) is 0 Å². The molecule has 1 rings (SSSR count). The number of halogens is 1. The second kappa shape index (κ2) is 4.48. The maximum atomic E-state index is 8.71. The van der Waals surface area contributed by atoms with Gasteiger partial charge in [-0.2, -0.15) is 5.26 Å². The molecule has 1 aromatic heterocycles. The average Bonchev–Trinajstić information content (AvgIpc) is 2.15. The molecule has 0 aliphatic rings. The fraction of sp³-hybridized carbons (Fsp3) is 0.111. The van der Waals surface area contributed by atoms with Gasteiger partial charge in [0.25, 0.3) is 0 Å². The van der Waals surface area contributed by atoms with Gasteiger partial charge in [-0.25, -0.2) is 0 Å². The van der Waals surface area contributed by atoms with Gasteiger partial charge in [-0.15, -0.1) is 0 Å². The van der Waals surface area contributed by atoms with Crippen LogP contribution in [0.5, 0.6) is 0 Å². The van der Waals surface area contributed by atoms with Gasteiger partial charge in [0.05, 0.1) is 24.0 Å². The number of aromatic nitrogens is 1. The van der Waals surface area contributed by atoms with E-state index in [1.54, 1.807) is 18.5 Å². The third kappa shape index (κ3) is 2.77. The maximum Gasteiger partial charge on any atom is 0.101 e. The summed E-state index contributed by atoms with van der Waals surface area (Å²) in [7, 11) is 0. The Labute approximate surface area is 81.7 Å². The van der Waals surface area contributed by atoms with Crippen molar-refractivity contribution < 1.29 is 0 Å². The molecule has 0 aliphatic carbocycles. The van der Waals surface area contributed by atoms with E-state index >= 15 is 0 Å². The Morgan fingerprint density at radius 3 is 3.15 bits per heavy atom. The summed E-state index contributed by atoms with van der Waals surface area (Å²) in [5, 5.41) is 12.2. The number of pyridine rings is 1. The van der Waals surface area contributed by atoms with Gasteiger partial charge in [0, 0.05) is 11.2 Å². The fourth-order valence-electron chi connectivity index (χ4n) is 0.824. The maximum absolute atomic E-state index is 8.71. The molecule has 0 amide bonds. The number of nitrogens with zero attached hydrogens (tertiary/aromatic N) is 2. The van der Waals surface area contributed by atoms with Crippen molar-refractivity contribution in [2.75, 3.05) is 11.9 Å². The third-order valence-corrected chi connectivity index (χ3v) is 1.55. The van der Waals surface area contributed by atoms with E-state index in [2.05, 4.69) is 16.9 Å². The smallest absolute Gasteiger partial charge is 0.101 e. The first-order valence-electron chi connectivity index (χ1n) is 3.65. The molecule has 66 valence electrons. The number of rotatable bonds is 3. The highest BCUT2D eigenvalue weighted by molar-refractivity contribution is 6.29. The lowest BCUT2D eigenvalue weighted by Crippen LogP contribution is -2.02. The zero-order valence-electron chi connectivity index (χ0n) is 6.92. The predicted molar refractivity (Wildman–Crippen MR) is 52.4 cm³/mol. The van der Waals surface area contributed by atoms with Crippen LogP contribution in [0, 0.1) is 11.3 Å². The zero-order valence-corrected chi connectivity index (χ0v) is 7.67. The lowest BCUT2D eigenvalue weighted by Gasteiger charge is -2.05. The number of nitrogens with one attached hydrogen (secondary N) is 1. The van der Waals surface area contributed by atoms with Crippen LogP contribution in [0.4, 0.5) is 5.69 Å². The fourth-order valence-corrected chi connectivity index (χ4v) is 0.891. The summed E-state index contributed by atoms with van der Waals surface area (Å²) in [6.45, 7) is 3.96. The zero-order chi connectivity index (χ0) is 9.68. The van der Waals surface area contributed by atoms with Crippen LogP contribution in [-0.4, -0.2) is 11.5 Å². The Morgan fingerprint density at radius 1 is 1.77 bits per heavy atom.